The Morgan fingerprint density at radius 1 is 1.10 bits per heavy atom. The molecule has 0 bridgehead atoms. The summed E-state index contributed by atoms with van der Waals surface area (Å²) in [6.45, 7) is 12.5. The van der Waals surface area contributed by atoms with Crippen LogP contribution in [-0.2, 0) is 24.0 Å². The molecule has 2 unspecified atom stereocenters. The molecule has 5 N–H and O–H groups in total. The van der Waals surface area contributed by atoms with Crippen LogP contribution in [0, 0.1) is 30.9 Å². The predicted octanol–water partition coefficient (Wildman–Crippen LogP) is 1.46. The molecule has 0 aromatic heterocycles. The molecule has 0 aliphatic rings. The van der Waals surface area contributed by atoms with Gasteiger partial charge in [-0.1, -0.05) is 0 Å². The van der Waals surface area contributed by atoms with Crippen LogP contribution in [0.5, 0.6) is 11.5 Å². The normalized spacial score (nSPS) is 12.4. The SMILES string of the molecule is CC(=O)Oc1c(C)cc(OCC(O)CNC(C)(C)CNC(=O)CC(C)O[N+](=O)[O-])c(C)c1C.O=C(O)C=CC(=O)O. The topological polar surface area (TPSA) is 224 Å². The molecule has 0 spiro atoms. The second-order valence-corrected chi connectivity index (χ2v) is 9.72. The molecule has 230 valence electrons. The number of aliphatic hydroxyl groups excluding tert-OH is 1. The number of hydrogen-bond donors (Lipinski definition) is 5. The van der Waals surface area contributed by atoms with Gasteiger partial charge in [0, 0.05) is 37.7 Å². The maximum absolute atomic E-state index is 11.9. The fraction of sp³-hybridized carbons (Fsp3) is 0.538. The average Bonchev–Trinajstić information content (AvgIpc) is 2.84. The molecule has 15 heteroatoms. The number of nitrogens with zero attached hydrogens (tertiary/aromatic N) is 1. The van der Waals surface area contributed by atoms with Gasteiger partial charge in [0.2, 0.25) is 5.91 Å². The maximum atomic E-state index is 11.9. The number of rotatable bonds is 15. The number of aliphatic carboxylic acids is 2. The zero-order chi connectivity index (χ0) is 31.9. The van der Waals surface area contributed by atoms with Crippen LogP contribution in [0.4, 0.5) is 0 Å². The van der Waals surface area contributed by atoms with Crippen LogP contribution in [0.1, 0.15) is 50.8 Å². The highest BCUT2D eigenvalue weighted by molar-refractivity contribution is 5.89. The summed E-state index contributed by atoms with van der Waals surface area (Å²) < 4.78 is 11.1. The van der Waals surface area contributed by atoms with Gasteiger partial charge in [-0.05, 0) is 64.3 Å². The van der Waals surface area contributed by atoms with Crippen molar-refractivity contribution in [2.45, 2.75) is 72.6 Å². The van der Waals surface area contributed by atoms with E-state index in [0.29, 0.717) is 23.7 Å². The number of carboxylic acid groups (broad SMARTS) is 2. The van der Waals surface area contributed by atoms with Crippen molar-refractivity contribution >= 4 is 23.8 Å². The Morgan fingerprint density at radius 3 is 2.15 bits per heavy atom. The number of β-amino-alcohol motifs (C(OH)–C–C–N with tert-alkyl or cyclic N) is 1. The van der Waals surface area contributed by atoms with Crippen LogP contribution < -0.4 is 20.1 Å². The zero-order valence-corrected chi connectivity index (χ0v) is 24.2. The van der Waals surface area contributed by atoms with Crippen LogP contribution in [0.3, 0.4) is 0 Å². The molecular weight excluding hydrogens is 546 g/mol. The number of esters is 1. The number of benzene rings is 1. The second kappa shape index (κ2) is 17.5. The first kappa shape index (κ1) is 36.8. The van der Waals surface area contributed by atoms with Crippen molar-refractivity contribution in [3.8, 4) is 11.5 Å². The van der Waals surface area contributed by atoms with E-state index < -0.39 is 40.7 Å². The molecule has 0 aliphatic carbocycles. The van der Waals surface area contributed by atoms with E-state index in [0.717, 1.165) is 16.7 Å². The van der Waals surface area contributed by atoms with Crippen molar-refractivity contribution in [3.63, 3.8) is 0 Å². The lowest BCUT2D eigenvalue weighted by atomic mass is 10.0. The molecule has 2 atom stereocenters. The van der Waals surface area contributed by atoms with Gasteiger partial charge in [0.1, 0.15) is 30.3 Å². The monoisotopic (exact) mass is 585 g/mol. The van der Waals surface area contributed by atoms with Crippen molar-refractivity contribution in [1.29, 1.82) is 0 Å². The van der Waals surface area contributed by atoms with Gasteiger partial charge in [0.05, 0.1) is 6.42 Å². The Bertz CT molecular complexity index is 1100. The van der Waals surface area contributed by atoms with E-state index in [1.807, 2.05) is 34.6 Å². The summed E-state index contributed by atoms with van der Waals surface area (Å²) in [6, 6.07) is 1.77. The number of ether oxygens (including phenoxy) is 2. The molecule has 0 fully saturated rings. The van der Waals surface area contributed by atoms with Gasteiger partial charge in [-0.2, -0.15) is 0 Å². The third kappa shape index (κ3) is 16.5. The smallest absolute Gasteiger partial charge is 0.328 e. The van der Waals surface area contributed by atoms with Gasteiger partial charge >= 0.3 is 17.9 Å². The minimum atomic E-state index is -1.26. The van der Waals surface area contributed by atoms with Gasteiger partial charge in [-0.15, -0.1) is 10.1 Å². The Hall–Kier alpha value is -4.24. The van der Waals surface area contributed by atoms with E-state index in [-0.39, 0.29) is 32.0 Å². The minimum absolute atomic E-state index is 0.0395. The lowest BCUT2D eigenvalue weighted by molar-refractivity contribution is -0.767. The number of aryl methyl sites for hydroxylation is 1. The largest absolute Gasteiger partial charge is 0.491 e. The Morgan fingerprint density at radius 2 is 1.66 bits per heavy atom. The summed E-state index contributed by atoms with van der Waals surface area (Å²) in [5.41, 5.74) is 1.82. The molecule has 1 rings (SSSR count). The molecule has 0 radical (unpaired) electrons. The number of hydrogen-bond acceptors (Lipinski definition) is 11. The highest BCUT2D eigenvalue weighted by atomic mass is 17.0. The first-order chi connectivity index (χ1) is 18.8. The average molecular weight is 586 g/mol. The van der Waals surface area contributed by atoms with Crippen LogP contribution >= 0.6 is 0 Å². The molecule has 15 nitrogen and oxygen atoms in total. The highest BCUT2D eigenvalue weighted by Gasteiger charge is 2.21. The van der Waals surface area contributed by atoms with E-state index in [1.54, 1.807) is 6.07 Å². The fourth-order valence-electron chi connectivity index (χ4n) is 3.15. The summed E-state index contributed by atoms with van der Waals surface area (Å²) in [4.78, 5) is 56.9. The van der Waals surface area contributed by atoms with E-state index in [2.05, 4.69) is 15.5 Å². The molecule has 41 heavy (non-hydrogen) atoms. The van der Waals surface area contributed by atoms with Crippen molar-refractivity contribution in [3.05, 3.63) is 45.0 Å². The summed E-state index contributed by atoms with van der Waals surface area (Å²) in [5.74, 6) is -2.18. The van der Waals surface area contributed by atoms with Crippen molar-refractivity contribution in [2.75, 3.05) is 19.7 Å². The van der Waals surface area contributed by atoms with Crippen LogP contribution in [0.2, 0.25) is 0 Å². The molecule has 0 heterocycles. The molecular formula is C26H39N3O12. The standard InChI is InChI=1S/C22H35N3O8.C4H4O4/c1-13-8-19(15(3)16(4)21(13)32-17(5)26)31-11-18(27)10-24-22(6,7)12-23-20(28)9-14(2)33-25(29)30;5-3(6)1-2-4(7)8/h8,14,18,24,27H,9-12H2,1-7H3,(H,23,28);1-2H,(H,5,6)(H,7,8). The van der Waals surface area contributed by atoms with E-state index in [1.165, 1.54) is 13.8 Å². The van der Waals surface area contributed by atoms with Crippen molar-refractivity contribution in [2.24, 2.45) is 0 Å². The van der Waals surface area contributed by atoms with E-state index in [4.69, 9.17) is 19.7 Å². The molecule has 0 saturated carbocycles. The molecule has 0 saturated heterocycles. The number of aliphatic hydroxyl groups is 1. The third-order valence-corrected chi connectivity index (χ3v) is 5.31. The lowest BCUT2D eigenvalue weighted by Crippen LogP contribution is -2.52. The summed E-state index contributed by atoms with van der Waals surface area (Å²) in [5, 5.41) is 41.2. The number of amides is 1. The van der Waals surface area contributed by atoms with Gasteiger partial charge in [-0.3, -0.25) is 9.59 Å². The van der Waals surface area contributed by atoms with Crippen LogP contribution in [0.15, 0.2) is 18.2 Å². The third-order valence-electron chi connectivity index (χ3n) is 5.31. The first-order valence-corrected chi connectivity index (χ1v) is 12.4. The van der Waals surface area contributed by atoms with Gasteiger partial charge in [0.15, 0.2) is 0 Å². The van der Waals surface area contributed by atoms with Crippen molar-refractivity contribution < 1.29 is 53.9 Å². The maximum Gasteiger partial charge on any atom is 0.328 e. The Kier molecular flexibility index (Phi) is 15.6. The Labute approximate surface area is 237 Å². The number of carboxylic acids is 2. The van der Waals surface area contributed by atoms with Gasteiger partial charge in [0.25, 0.3) is 5.09 Å². The highest BCUT2D eigenvalue weighted by Crippen LogP contribution is 2.33. The Balaban J connectivity index is 0.00000173. The number of carbonyl (C=O) groups is 4. The van der Waals surface area contributed by atoms with Crippen LogP contribution in [-0.4, -0.2) is 81.7 Å². The van der Waals surface area contributed by atoms with Crippen molar-refractivity contribution in [1.82, 2.24) is 10.6 Å². The van der Waals surface area contributed by atoms with Gasteiger partial charge < -0.3 is 40.3 Å². The lowest BCUT2D eigenvalue weighted by Gasteiger charge is -2.28. The predicted molar refractivity (Wildman–Crippen MR) is 145 cm³/mol. The summed E-state index contributed by atoms with van der Waals surface area (Å²) in [7, 11) is 0. The second-order valence-electron chi connectivity index (χ2n) is 9.72. The van der Waals surface area contributed by atoms with E-state index >= 15 is 0 Å². The first-order valence-electron chi connectivity index (χ1n) is 12.4. The molecule has 0 aliphatic heterocycles. The summed E-state index contributed by atoms with van der Waals surface area (Å²) in [6.07, 6.45) is -0.678. The van der Waals surface area contributed by atoms with E-state index in [9.17, 15) is 34.4 Å². The molecule has 1 amide bonds. The molecule has 1 aromatic rings. The quantitative estimate of drug-likeness (QED) is 0.0647. The molecule has 1 aromatic carbocycles. The van der Waals surface area contributed by atoms with Gasteiger partial charge in [-0.25, -0.2) is 9.59 Å². The number of nitrogens with one attached hydrogen (secondary N) is 2. The fourth-order valence-corrected chi connectivity index (χ4v) is 3.15. The number of carbonyl (C=O) groups excluding carboxylic acids is 2. The van der Waals surface area contributed by atoms with Crippen LogP contribution in [0.25, 0.3) is 0 Å². The zero-order valence-electron chi connectivity index (χ0n) is 24.2. The summed E-state index contributed by atoms with van der Waals surface area (Å²) >= 11 is 0. The minimum Gasteiger partial charge on any atom is -0.491 e.